The van der Waals surface area contributed by atoms with Crippen LogP contribution in [0.3, 0.4) is 0 Å². The molecule has 1 aromatic carbocycles. The van der Waals surface area contributed by atoms with Crippen LogP contribution >= 0.6 is 0 Å². The topological polar surface area (TPSA) is 99.3 Å². The van der Waals surface area contributed by atoms with E-state index in [9.17, 15) is 13.2 Å². The summed E-state index contributed by atoms with van der Waals surface area (Å²) in [6.07, 6.45) is 0. The van der Waals surface area contributed by atoms with Crippen LogP contribution in [0.1, 0.15) is 21.7 Å². The monoisotopic (exact) mass is 294 g/mol. The van der Waals surface area contributed by atoms with E-state index >= 15 is 0 Å². The molecule has 0 spiro atoms. The van der Waals surface area contributed by atoms with Crippen molar-refractivity contribution in [2.24, 2.45) is 0 Å². The summed E-state index contributed by atoms with van der Waals surface area (Å²) in [5.41, 5.74) is 1.20. The SMILES string of the molecule is Cc1cccc(S(=O)(=O)Nc2cc(C)[nH]c2C(=O)O)c1. The van der Waals surface area contributed by atoms with Crippen molar-refractivity contribution in [2.45, 2.75) is 18.7 Å². The molecule has 1 heterocycles. The molecule has 1 aromatic heterocycles. The maximum Gasteiger partial charge on any atom is 0.354 e. The number of sulfonamides is 1. The summed E-state index contributed by atoms with van der Waals surface area (Å²) in [7, 11) is -3.81. The average Bonchev–Trinajstić information content (AvgIpc) is 2.69. The molecule has 2 rings (SSSR count). The van der Waals surface area contributed by atoms with E-state index in [0.29, 0.717) is 5.69 Å². The number of H-pyrrole nitrogens is 1. The van der Waals surface area contributed by atoms with Crippen molar-refractivity contribution in [3.8, 4) is 0 Å². The number of anilines is 1. The summed E-state index contributed by atoms with van der Waals surface area (Å²) in [5.74, 6) is -1.22. The zero-order chi connectivity index (χ0) is 14.9. The predicted molar refractivity (Wildman–Crippen MR) is 74.5 cm³/mol. The molecule has 106 valence electrons. The highest BCUT2D eigenvalue weighted by Crippen LogP contribution is 2.21. The van der Waals surface area contributed by atoms with Crippen molar-refractivity contribution in [3.05, 3.63) is 47.3 Å². The molecule has 0 aliphatic carbocycles. The Hall–Kier alpha value is -2.28. The highest BCUT2D eigenvalue weighted by Gasteiger charge is 2.20. The maximum absolute atomic E-state index is 12.2. The summed E-state index contributed by atoms with van der Waals surface area (Å²) in [6, 6.07) is 7.82. The zero-order valence-corrected chi connectivity index (χ0v) is 11.8. The lowest BCUT2D eigenvalue weighted by Crippen LogP contribution is -2.15. The number of aromatic nitrogens is 1. The molecule has 6 nitrogen and oxygen atoms in total. The molecule has 20 heavy (non-hydrogen) atoms. The van der Waals surface area contributed by atoms with Crippen molar-refractivity contribution < 1.29 is 18.3 Å². The third kappa shape index (κ3) is 2.83. The Morgan fingerprint density at radius 1 is 1.25 bits per heavy atom. The number of aromatic amines is 1. The Balaban J connectivity index is 2.41. The van der Waals surface area contributed by atoms with Gasteiger partial charge in [0.15, 0.2) is 0 Å². The molecule has 0 amide bonds. The van der Waals surface area contributed by atoms with Crippen LogP contribution in [0.5, 0.6) is 0 Å². The van der Waals surface area contributed by atoms with Gasteiger partial charge < -0.3 is 10.1 Å². The van der Waals surface area contributed by atoms with Crippen LogP contribution in [0.25, 0.3) is 0 Å². The number of carboxylic acid groups (broad SMARTS) is 1. The van der Waals surface area contributed by atoms with Gasteiger partial charge in [-0.2, -0.15) is 0 Å². The Morgan fingerprint density at radius 3 is 2.55 bits per heavy atom. The second-order valence-corrected chi connectivity index (χ2v) is 6.15. The van der Waals surface area contributed by atoms with E-state index in [-0.39, 0.29) is 16.3 Å². The standard InChI is InChI=1S/C13H14N2O4S/c1-8-4-3-5-10(6-8)20(18,19)15-11-7-9(2)14-12(11)13(16)17/h3-7,14-15H,1-2H3,(H,16,17). The van der Waals surface area contributed by atoms with Gasteiger partial charge in [-0.15, -0.1) is 0 Å². The number of nitrogens with one attached hydrogen (secondary N) is 2. The fraction of sp³-hybridized carbons (Fsp3) is 0.154. The van der Waals surface area contributed by atoms with Crippen molar-refractivity contribution in [1.29, 1.82) is 0 Å². The van der Waals surface area contributed by atoms with Crippen LogP contribution in [-0.2, 0) is 10.0 Å². The van der Waals surface area contributed by atoms with Gasteiger partial charge in [-0.05, 0) is 37.6 Å². The lowest BCUT2D eigenvalue weighted by atomic mass is 10.2. The third-order valence-corrected chi connectivity index (χ3v) is 4.07. The van der Waals surface area contributed by atoms with E-state index in [2.05, 4.69) is 9.71 Å². The van der Waals surface area contributed by atoms with E-state index in [4.69, 9.17) is 5.11 Å². The number of carboxylic acids is 1. The molecule has 2 aromatic rings. The fourth-order valence-corrected chi connectivity index (χ4v) is 2.99. The van der Waals surface area contributed by atoms with Gasteiger partial charge in [0, 0.05) is 5.69 Å². The first-order valence-electron chi connectivity index (χ1n) is 5.82. The Labute approximate surface area is 116 Å². The summed E-state index contributed by atoms with van der Waals surface area (Å²) in [4.78, 5) is 13.7. The minimum Gasteiger partial charge on any atom is -0.477 e. The van der Waals surface area contributed by atoms with Crippen LogP contribution in [0.15, 0.2) is 35.2 Å². The molecule has 0 fully saturated rings. The number of carbonyl (C=O) groups is 1. The minimum absolute atomic E-state index is 0.0245. The number of aromatic carboxylic acids is 1. The average molecular weight is 294 g/mol. The molecule has 0 aliphatic rings. The first-order chi connectivity index (χ1) is 9.29. The smallest absolute Gasteiger partial charge is 0.354 e. The maximum atomic E-state index is 12.2. The minimum atomic E-state index is -3.81. The summed E-state index contributed by atoms with van der Waals surface area (Å²) < 4.78 is 26.7. The fourth-order valence-electron chi connectivity index (χ4n) is 1.82. The van der Waals surface area contributed by atoms with Crippen molar-refractivity contribution in [1.82, 2.24) is 4.98 Å². The molecule has 7 heteroatoms. The molecule has 0 saturated carbocycles. The van der Waals surface area contributed by atoms with Gasteiger partial charge in [0.1, 0.15) is 5.69 Å². The van der Waals surface area contributed by atoms with Gasteiger partial charge in [0.25, 0.3) is 10.0 Å². The first kappa shape index (κ1) is 14.1. The Morgan fingerprint density at radius 2 is 1.95 bits per heavy atom. The summed E-state index contributed by atoms with van der Waals surface area (Å²) in [5, 5.41) is 9.02. The van der Waals surface area contributed by atoms with Crippen molar-refractivity contribution in [2.75, 3.05) is 4.72 Å². The van der Waals surface area contributed by atoms with Crippen molar-refractivity contribution >= 4 is 21.7 Å². The van der Waals surface area contributed by atoms with Crippen LogP contribution in [0, 0.1) is 13.8 Å². The molecule has 0 radical (unpaired) electrons. The van der Waals surface area contributed by atoms with Crippen LogP contribution < -0.4 is 4.72 Å². The number of aryl methyl sites for hydroxylation is 2. The molecule has 0 bridgehead atoms. The van der Waals surface area contributed by atoms with Gasteiger partial charge >= 0.3 is 5.97 Å². The van der Waals surface area contributed by atoms with Crippen LogP contribution in [0.4, 0.5) is 5.69 Å². The van der Waals surface area contributed by atoms with Crippen molar-refractivity contribution in [3.63, 3.8) is 0 Å². The molecule has 3 N–H and O–H groups in total. The molecule has 0 atom stereocenters. The second kappa shape index (κ2) is 5.01. The highest BCUT2D eigenvalue weighted by atomic mass is 32.2. The van der Waals surface area contributed by atoms with Crippen LogP contribution in [0.2, 0.25) is 0 Å². The van der Waals surface area contributed by atoms with E-state index in [0.717, 1.165) is 5.56 Å². The molecular weight excluding hydrogens is 280 g/mol. The quantitative estimate of drug-likeness (QED) is 0.804. The molecular formula is C13H14N2O4S. The molecule has 0 aliphatic heterocycles. The number of benzene rings is 1. The highest BCUT2D eigenvalue weighted by molar-refractivity contribution is 7.92. The van der Waals surface area contributed by atoms with Gasteiger partial charge in [0.2, 0.25) is 0 Å². The predicted octanol–water partition coefficient (Wildman–Crippen LogP) is 2.13. The Kier molecular flexibility index (Phi) is 3.54. The number of rotatable bonds is 4. The van der Waals surface area contributed by atoms with E-state index in [1.54, 1.807) is 26.0 Å². The number of hydrogen-bond donors (Lipinski definition) is 3. The molecule has 0 unspecified atom stereocenters. The van der Waals surface area contributed by atoms with E-state index in [1.807, 2.05) is 0 Å². The lowest BCUT2D eigenvalue weighted by Gasteiger charge is -2.08. The number of hydrogen-bond acceptors (Lipinski definition) is 3. The summed E-state index contributed by atoms with van der Waals surface area (Å²) >= 11 is 0. The summed E-state index contributed by atoms with van der Waals surface area (Å²) in [6.45, 7) is 3.43. The second-order valence-electron chi connectivity index (χ2n) is 4.47. The third-order valence-electron chi connectivity index (χ3n) is 2.71. The van der Waals surface area contributed by atoms with Gasteiger partial charge in [0.05, 0.1) is 10.6 Å². The van der Waals surface area contributed by atoms with Gasteiger partial charge in [-0.1, -0.05) is 12.1 Å². The van der Waals surface area contributed by atoms with E-state index < -0.39 is 16.0 Å². The molecule has 0 saturated heterocycles. The zero-order valence-electron chi connectivity index (χ0n) is 11.0. The van der Waals surface area contributed by atoms with Crippen LogP contribution in [-0.4, -0.2) is 24.5 Å². The largest absolute Gasteiger partial charge is 0.477 e. The van der Waals surface area contributed by atoms with Gasteiger partial charge in [-0.3, -0.25) is 4.72 Å². The lowest BCUT2D eigenvalue weighted by molar-refractivity contribution is 0.0692. The van der Waals surface area contributed by atoms with E-state index in [1.165, 1.54) is 18.2 Å². The first-order valence-corrected chi connectivity index (χ1v) is 7.30. The normalized spacial score (nSPS) is 11.3. The Bertz CT molecular complexity index is 762. The van der Waals surface area contributed by atoms with Gasteiger partial charge in [-0.25, -0.2) is 13.2 Å².